The van der Waals surface area contributed by atoms with Crippen molar-refractivity contribution in [3.05, 3.63) is 28.5 Å². The van der Waals surface area contributed by atoms with E-state index in [1.54, 1.807) is 6.07 Å². The molecule has 0 aromatic heterocycles. The topological polar surface area (TPSA) is 35.2 Å². The van der Waals surface area contributed by atoms with E-state index >= 15 is 0 Å². The fraction of sp³-hybridized carbons (Fsp3) is 0.455. The van der Waals surface area contributed by atoms with E-state index in [1.165, 1.54) is 12.1 Å². The van der Waals surface area contributed by atoms with Crippen LogP contribution in [-0.2, 0) is 0 Å². The predicted octanol–water partition coefficient (Wildman–Crippen LogP) is 3.09. The molecule has 1 rings (SSSR count). The lowest BCUT2D eigenvalue weighted by molar-refractivity contribution is 0.208. The second-order valence-corrected chi connectivity index (χ2v) is 4.38. The van der Waals surface area contributed by atoms with Gasteiger partial charge in [0, 0.05) is 10.5 Å². The summed E-state index contributed by atoms with van der Waals surface area (Å²) in [4.78, 5) is 0. The molecule has 0 saturated heterocycles. The van der Waals surface area contributed by atoms with Crippen LogP contribution in [0, 0.1) is 5.82 Å². The van der Waals surface area contributed by atoms with Gasteiger partial charge in [-0.25, -0.2) is 4.39 Å². The monoisotopic (exact) mass is 275 g/mol. The smallest absolute Gasteiger partial charge is 0.128 e. The Labute approximate surface area is 97.7 Å². The summed E-state index contributed by atoms with van der Waals surface area (Å²) in [5.41, 5.74) is 5.40. The molecule has 2 nitrogen and oxygen atoms in total. The molecule has 0 bridgehead atoms. The van der Waals surface area contributed by atoms with E-state index in [4.69, 9.17) is 10.5 Å². The van der Waals surface area contributed by atoms with E-state index in [0.717, 1.165) is 12.8 Å². The van der Waals surface area contributed by atoms with Crippen LogP contribution in [0.2, 0.25) is 0 Å². The number of nitrogens with two attached hydrogens (primary N) is 1. The molecular formula is C11H15BrFNO. The van der Waals surface area contributed by atoms with Crippen molar-refractivity contribution >= 4 is 15.9 Å². The van der Waals surface area contributed by atoms with Gasteiger partial charge in [0.1, 0.15) is 11.6 Å². The van der Waals surface area contributed by atoms with E-state index < -0.39 is 0 Å². The Morgan fingerprint density at radius 1 is 1.47 bits per heavy atom. The highest BCUT2D eigenvalue weighted by Gasteiger charge is 2.05. The summed E-state index contributed by atoms with van der Waals surface area (Å²) in [6.07, 6.45) is 1.85. The summed E-state index contributed by atoms with van der Waals surface area (Å²) in [5.74, 6) is 0.247. The van der Waals surface area contributed by atoms with Crippen LogP contribution in [0.4, 0.5) is 4.39 Å². The number of hydrogen-bond acceptors (Lipinski definition) is 2. The minimum absolute atomic E-state index is 0.0576. The first-order chi connectivity index (χ1) is 7.11. The van der Waals surface area contributed by atoms with Gasteiger partial charge in [0.2, 0.25) is 0 Å². The first kappa shape index (κ1) is 12.5. The first-order valence-electron chi connectivity index (χ1n) is 4.94. The van der Waals surface area contributed by atoms with E-state index in [9.17, 15) is 4.39 Å². The number of rotatable bonds is 5. The van der Waals surface area contributed by atoms with Crippen LogP contribution in [0.15, 0.2) is 22.7 Å². The standard InChI is InChI=1S/C11H15BrFNO/c1-8(3-2-4-14)15-11-6-9(12)5-10(13)7-11/h5-8H,2-4,14H2,1H3. The maximum absolute atomic E-state index is 13.0. The summed E-state index contributed by atoms with van der Waals surface area (Å²) in [7, 11) is 0. The first-order valence-corrected chi connectivity index (χ1v) is 5.74. The van der Waals surface area contributed by atoms with E-state index in [0.29, 0.717) is 16.8 Å². The van der Waals surface area contributed by atoms with Crippen LogP contribution < -0.4 is 10.5 Å². The van der Waals surface area contributed by atoms with Crippen LogP contribution in [0.5, 0.6) is 5.75 Å². The normalized spacial score (nSPS) is 12.5. The van der Waals surface area contributed by atoms with Crippen molar-refractivity contribution < 1.29 is 9.13 Å². The van der Waals surface area contributed by atoms with Gasteiger partial charge < -0.3 is 10.5 Å². The molecule has 0 aliphatic rings. The predicted molar refractivity (Wildman–Crippen MR) is 62.5 cm³/mol. The summed E-state index contributed by atoms with van der Waals surface area (Å²) in [6, 6.07) is 4.53. The van der Waals surface area contributed by atoms with Crippen LogP contribution in [0.25, 0.3) is 0 Å². The van der Waals surface area contributed by atoms with Crippen molar-refractivity contribution in [2.75, 3.05) is 6.54 Å². The minimum Gasteiger partial charge on any atom is -0.491 e. The Kier molecular flexibility index (Phi) is 5.05. The average molecular weight is 276 g/mol. The van der Waals surface area contributed by atoms with Gasteiger partial charge in [-0.3, -0.25) is 0 Å². The zero-order valence-electron chi connectivity index (χ0n) is 8.67. The van der Waals surface area contributed by atoms with E-state index in [2.05, 4.69) is 15.9 Å². The summed E-state index contributed by atoms with van der Waals surface area (Å²) in [6.45, 7) is 2.61. The van der Waals surface area contributed by atoms with Crippen molar-refractivity contribution in [3.63, 3.8) is 0 Å². The fourth-order valence-corrected chi connectivity index (χ4v) is 1.74. The van der Waals surface area contributed by atoms with Gasteiger partial charge in [-0.1, -0.05) is 15.9 Å². The van der Waals surface area contributed by atoms with Crippen molar-refractivity contribution in [2.24, 2.45) is 5.73 Å². The van der Waals surface area contributed by atoms with E-state index in [1.807, 2.05) is 6.92 Å². The second-order valence-electron chi connectivity index (χ2n) is 3.46. The number of benzene rings is 1. The Bertz CT molecular complexity index is 299. The molecule has 0 aliphatic heterocycles. The molecular weight excluding hydrogens is 261 g/mol. The van der Waals surface area contributed by atoms with Crippen molar-refractivity contribution in [1.82, 2.24) is 0 Å². The summed E-state index contributed by atoms with van der Waals surface area (Å²) < 4.78 is 19.2. The molecule has 1 aromatic carbocycles. The van der Waals surface area contributed by atoms with Crippen LogP contribution in [0.3, 0.4) is 0 Å². The maximum Gasteiger partial charge on any atom is 0.128 e. The van der Waals surface area contributed by atoms with Gasteiger partial charge in [0.05, 0.1) is 6.10 Å². The number of halogens is 2. The van der Waals surface area contributed by atoms with Crippen molar-refractivity contribution in [1.29, 1.82) is 0 Å². The van der Waals surface area contributed by atoms with Gasteiger partial charge in [-0.05, 0) is 38.4 Å². The third-order valence-electron chi connectivity index (χ3n) is 1.99. The van der Waals surface area contributed by atoms with Crippen LogP contribution >= 0.6 is 15.9 Å². The molecule has 0 spiro atoms. The zero-order chi connectivity index (χ0) is 11.3. The second kappa shape index (κ2) is 6.08. The Morgan fingerprint density at radius 3 is 2.80 bits per heavy atom. The van der Waals surface area contributed by atoms with Crippen molar-refractivity contribution in [2.45, 2.75) is 25.9 Å². The largest absolute Gasteiger partial charge is 0.491 e. The lowest BCUT2D eigenvalue weighted by atomic mass is 10.2. The molecule has 0 fully saturated rings. The molecule has 84 valence electrons. The Morgan fingerprint density at radius 2 is 2.20 bits per heavy atom. The third kappa shape index (κ3) is 4.62. The summed E-state index contributed by atoms with van der Waals surface area (Å²) >= 11 is 3.22. The van der Waals surface area contributed by atoms with E-state index in [-0.39, 0.29) is 11.9 Å². The fourth-order valence-electron chi connectivity index (χ4n) is 1.29. The summed E-state index contributed by atoms with van der Waals surface area (Å²) in [5, 5.41) is 0. The lowest BCUT2D eigenvalue weighted by Crippen LogP contribution is -2.14. The lowest BCUT2D eigenvalue weighted by Gasteiger charge is -2.14. The Balaban J connectivity index is 2.56. The molecule has 0 aliphatic carbocycles. The molecule has 0 heterocycles. The number of ether oxygens (including phenoxy) is 1. The molecule has 2 N–H and O–H groups in total. The van der Waals surface area contributed by atoms with Gasteiger partial charge >= 0.3 is 0 Å². The molecule has 0 radical (unpaired) electrons. The molecule has 4 heteroatoms. The Hall–Kier alpha value is -0.610. The highest BCUT2D eigenvalue weighted by atomic mass is 79.9. The SMILES string of the molecule is CC(CCCN)Oc1cc(F)cc(Br)c1. The maximum atomic E-state index is 13.0. The number of hydrogen-bond donors (Lipinski definition) is 1. The molecule has 0 amide bonds. The highest BCUT2D eigenvalue weighted by Crippen LogP contribution is 2.22. The zero-order valence-corrected chi connectivity index (χ0v) is 10.3. The molecule has 1 aromatic rings. The van der Waals surface area contributed by atoms with Crippen LogP contribution in [-0.4, -0.2) is 12.6 Å². The molecule has 1 atom stereocenters. The molecule has 15 heavy (non-hydrogen) atoms. The van der Waals surface area contributed by atoms with Crippen LogP contribution in [0.1, 0.15) is 19.8 Å². The molecule has 0 saturated carbocycles. The average Bonchev–Trinajstić information content (AvgIpc) is 2.13. The minimum atomic E-state index is -0.301. The van der Waals surface area contributed by atoms with Gasteiger partial charge in [-0.2, -0.15) is 0 Å². The highest BCUT2D eigenvalue weighted by molar-refractivity contribution is 9.10. The van der Waals surface area contributed by atoms with Gasteiger partial charge in [-0.15, -0.1) is 0 Å². The molecule has 1 unspecified atom stereocenters. The quantitative estimate of drug-likeness (QED) is 0.896. The third-order valence-corrected chi connectivity index (χ3v) is 2.45. The van der Waals surface area contributed by atoms with Gasteiger partial charge in [0.25, 0.3) is 0 Å². The van der Waals surface area contributed by atoms with Gasteiger partial charge in [0.15, 0.2) is 0 Å². The van der Waals surface area contributed by atoms with Crippen molar-refractivity contribution in [3.8, 4) is 5.75 Å².